The van der Waals surface area contributed by atoms with E-state index in [1.54, 1.807) is 6.20 Å². The standard InChI is InChI=1S/C17H26N4O2/c1-17(2,3)23-16(22)20-11-5-6-14(12-20)21(13-8-9-13)15-7-4-10-18-19-15/h4,7,10,13-14H,5-6,8-9,11-12H2,1-3H3/t14-/m1/s1. The molecule has 6 nitrogen and oxygen atoms in total. The first-order valence-electron chi connectivity index (χ1n) is 8.48. The Bertz CT molecular complexity index is 539. The summed E-state index contributed by atoms with van der Waals surface area (Å²) >= 11 is 0. The van der Waals surface area contributed by atoms with Crippen LogP contribution in [0.2, 0.25) is 0 Å². The van der Waals surface area contributed by atoms with E-state index in [2.05, 4.69) is 15.1 Å². The van der Waals surface area contributed by atoms with Crippen LogP contribution >= 0.6 is 0 Å². The van der Waals surface area contributed by atoms with Gasteiger partial charge in [0.25, 0.3) is 0 Å². The van der Waals surface area contributed by atoms with Crippen LogP contribution in [0.5, 0.6) is 0 Å². The summed E-state index contributed by atoms with van der Waals surface area (Å²) in [4.78, 5) is 16.6. The first-order valence-corrected chi connectivity index (χ1v) is 8.48. The number of rotatable bonds is 3. The lowest BCUT2D eigenvalue weighted by Gasteiger charge is -2.40. The minimum atomic E-state index is -0.453. The van der Waals surface area contributed by atoms with Crippen LogP contribution in [0.15, 0.2) is 18.3 Å². The molecule has 0 radical (unpaired) electrons. The minimum absolute atomic E-state index is 0.211. The van der Waals surface area contributed by atoms with Gasteiger partial charge in [-0.05, 0) is 58.6 Å². The number of carbonyl (C=O) groups is 1. The van der Waals surface area contributed by atoms with Crippen LogP contribution in [0.3, 0.4) is 0 Å². The van der Waals surface area contributed by atoms with Gasteiger partial charge in [-0.1, -0.05) is 0 Å². The molecule has 1 amide bonds. The Labute approximate surface area is 137 Å². The van der Waals surface area contributed by atoms with Crippen LogP contribution in [0, 0.1) is 0 Å². The molecule has 3 rings (SSSR count). The monoisotopic (exact) mass is 318 g/mol. The highest BCUT2D eigenvalue weighted by molar-refractivity contribution is 5.68. The summed E-state index contributed by atoms with van der Waals surface area (Å²) in [6, 6.07) is 4.76. The van der Waals surface area contributed by atoms with Gasteiger partial charge in [-0.3, -0.25) is 0 Å². The molecule has 0 bridgehead atoms. The first kappa shape index (κ1) is 16.0. The third-order valence-corrected chi connectivity index (χ3v) is 4.20. The lowest BCUT2D eigenvalue weighted by atomic mass is 10.0. The maximum absolute atomic E-state index is 12.4. The van der Waals surface area contributed by atoms with Crippen molar-refractivity contribution in [2.75, 3.05) is 18.0 Å². The van der Waals surface area contributed by atoms with Gasteiger partial charge in [0.2, 0.25) is 0 Å². The molecule has 0 N–H and O–H groups in total. The fraction of sp³-hybridized carbons (Fsp3) is 0.706. The van der Waals surface area contributed by atoms with Crippen molar-refractivity contribution in [1.29, 1.82) is 0 Å². The largest absolute Gasteiger partial charge is 0.444 e. The van der Waals surface area contributed by atoms with E-state index in [9.17, 15) is 4.79 Å². The molecule has 1 aromatic heterocycles. The Morgan fingerprint density at radius 3 is 2.70 bits per heavy atom. The van der Waals surface area contributed by atoms with Gasteiger partial charge in [0.15, 0.2) is 5.82 Å². The third-order valence-electron chi connectivity index (χ3n) is 4.20. The van der Waals surface area contributed by atoms with Crippen LogP contribution in [-0.4, -0.2) is 52.0 Å². The normalized spacial score (nSPS) is 21.9. The van der Waals surface area contributed by atoms with Gasteiger partial charge in [0, 0.05) is 31.4 Å². The molecule has 0 spiro atoms. The zero-order valence-corrected chi connectivity index (χ0v) is 14.2. The van der Waals surface area contributed by atoms with Crippen LogP contribution in [0.25, 0.3) is 0 Å². The van der Waals surface area contributed by atoms with Crippen LogP contribution < -0.4 is 4.90 Å². The molecular formula is C17H26N4O2. The predicted octanol–water partition coefficient (Wildman–Crippen LogP) is 2.84. The van der Waals surface area contributed by atoms with Gasteiger partial charge in [-0.25, -0.2) is 4.79 Å². The fourth-order valence-corrected chi connectivity index (χ4v) is 3.13. The van der Waals surface area contributed by atoms with E-state index >= 15 is 0 Å². The van der Waals surface area contributed by atoms with Gasteiger partial charge in [0.1, 0.15) is 5.60 Å². The van der Waals surface area contributed by atoms with Crippen molar-refractivity contribution in [1.82, 2.24) is 15.1 Å². The number of anilines is 1. The van der Waals surface area contributed by atoms with E-state index in [-0.39, 0.29) is 6.09 Å². The van der Waals surface area contributed by atoms with Gasteiger partial charge in [-0.15, -0.1) is 5.10 Å². The summed E-state index contributed by atoms with van der Waals surface area (Å²) in [5.74, 6) is 0.922. The molecule has 1 saturated heterocycles. The van der Waals surface area contributed by atoms with Gasteiger partial charge in [0.05, 0.1) is 0 Å². The van der Waals surface area contributed by atoms with Crippen molar-refractivity contribution in [2.24, 2.45) is 0 Å². The van der Waals surface area contributed by atoms with Crippen molar-refractivity contribution in [3.8, 4) is 0 Å². The molecular weight excluding hydrogens is 292 g/mol. The van der Waals surface area contributed by atoms with Crippen molar-refractivity contribution >= 4 is 11.9 Å². The molecule has 6 heteroatoms. The Balaban J connectivity index is 1.70. The van der Waals surface area contributed by atoms with E-state index in [1.807, 2.05) is 37.8 Å². The minimum Gasteiger partial charge on any atom is -0.444 e. The van der Waals surface area contributed by atoms with E-state index < -0.39 is 5.60 Å². The number of likely N-dealkylation sites (tertiary alicyclic amines) is 1. The highest BCUT2D eigenvalue weighted by Crippen LogP contribution is 2.34. The zero-order valence-electron chi connectivity index (χ0n) is 14.2. The fourth-order valence-electron chi connectivity index (χ4n) is 3.13. The van der Waals surface area contributed by atoms with Gasteiger partial charge in [-0.2, -0.15) is 5.10 Å². The molecule has 1 aliphatic carbocycles. The number of amides is 1. The van der Waals surface area contributed by atoms with Crippen molar-refractivity contribution in [2.45, 2.75) is 64.1 Å². The summed E-state index contributed by atoms with van der Waals surface area (Å²) in [7, 11) is 0. The third kappa shape index (κ3) is 4.12. The summed E-state index contributed by atoms with van der Waals surface area (Å²) < 4.78 is 5.53. The highest BCUT2D eigenvalue weighted by atomic mass is 16.6. The highest BCUT2D eigenvalue weighted by Gasteiger charge is 2.38. The molecule has 23 heavy (non-hydrogen) atoms. The van der Waals surface area contributed by atoms with Crippen molar-refractivity contribution in [3.63, 3.8) is 0 Å². The van der Waals surface area contributed by atoms with Crippen LogP contribution in [-0.2, 0) is 4.74 Å². The van der Waals surface area contributed by atoms with E-state index in [1.165, 1.54) is 12.8 Å². The van der Waals surface area contributed by atoms with Crippen molar-refractivity contribution < 1.29 is 9.53 Å². The average molecular weight is 318 g/mol. The van der Waals surface area contributed by atoms with Gasteiger partial charge < -0.3 is 14.5 Å². The maximum atomic E-state index is 12.4. The molecule has 126 valence electrons. The molecule has 2 fully saturated rings. The van der Waals surface area contributed by atoms with E-state index in [4.69, 9.17) is 4.74 Å². The second-order valence-corrected chi connectivity index (χ2v) is 7.44. The Kier molecular flexibility index (Phi) is 4.41. The Morgan fingerprint density at radius 2 is 2.09 bits per heavy atom. The van der Waals surface area contributed by atoms with Crippen molar-refractivity contribution in [3.05, 3.63) is 18.3 Å². The number of ether oxygens (including phenoxy) is 1. The number of hydrogen-bond donors (Lipinski definition) is 0. The predicted molar refractivity (Wildman–Crippen MR) is 88.4 cm³/mol. The molecule has 0 unspecified atom stereocenters. The van der Waals surface area contributed by atoms with Crippen LogP contribution in [0.1, 0.15) is 46.5 Å². The lowest BCUT2D eigenvalue weighted by Crippen LogP contribution is -2.52. The summed E-state index contributed by atoms with van der Waals surface area (Å²) in [5, 5.41) is 8.30. The molecule has 1 aliphatic heterocycles. The second kappa shape index (κ2) is 6.34. The van der Waals surface area contributed by atoms with E-state index in [0.29, 0.717) is 18.6 Å². The number of hydrogen-bond acceptors (Lipinski definition) is 5. The molecule has 2 aliphatic rings. The summed E-state index contributed by atoms with van der Waals surface area (Å²) in [6.07, 6.45) is 5.94. The molecule has 1 saturated carbocycles. The first-order chi connectivity index (χ1) is 10.9. The number of nitrogens with zero attached hydrogens (tertiary/aromatic N) is 4. The molecule has 1 aromatic rings. The number of aromatic nitrogens is 2. The summed E-state index contributed by atoms with van der Waals surface area (Å²) in [6.45, 7) is 7.18. The molecule has 0 aromatic carbocycles. The van der Waals surface area contributed by atoms with E-state index in [0.717, 1.165) is 25.2 Å². The molecule has 2 heterocycles. The smallest absolute Gasteiger partial charge is 0.410 e. The Hall–Kier alpha value is -1.85. The number of carbonyl (C=O) groups excluding carboxylic acids is 1. The molecule has 1 atom stereocenters. The second-order valence-electron chi connectivity index (χ2n) is 7.44. The topological polar surface area (TPSA) is 58.6 Å². The number of piperidine rings is 1. The average Bonchev–Trinajstić information content (AvgIpc) is 3.32. The van der Waals surface area contributed by atoms with Gasteiger partial charge >= 0.3 is 6.09 Å². The van der Waals surface area contributed by atoms with Crippen LogP contribution in [0.4, 0.5) is 10.6 Å². The lowest BCUT2D eigenvalue weighted by molar-refractivity contribution is 0.0197. The SMILES string of the molecule is CC(C)(C)OC(=O)N1CCC[C@@H](N(c2cccnn2)C2CC2)C1. The summed E-state index contributed by atoms with van der Waals surface area (Å²) in [5.41, 5.74) is -0.453. The maximum Gasteiger partial charge on any atom is 0.410 e. The quantitative estimate of drug-likeness (QED) is 0.857. The Morgan fingerprint density at radius 1 is 1.30 bits per heavy atom. The zero-order chi connectivity index (χ0) is 16.4.